The summed E-state index contributed by atoms with van der Waals surface area (Å²) in [7, 11) is 3.34. The van der Waals surface area contributed by atoms with E-state index in [9.17, 15) is 22.8 Å². The van der Waals surface area contributed by atoms with Gasteiger partial charge in [-0.05, 0) is 58.7 Å². The molecule has 0 saturated carbocycles. The second-order valence-electron chi connectivity index (χ2n) is 9.07. The Kier molecular flexibility index (Phi) is 6.73. The van der Waals surface area contributed by atoms with E-state index >= 15 is 0 Å². The van der Waals surface area contributed by atoms with Crippen LogP contribution in [0.25, 0.3) is 27.9 Å². The number of rotatable bonds is 5. The first-order chi connectivity index (χ1) is 18.5. The summed E-state index contributed by atoms with van der Waals surface area (Å²) in [6, 6.07) is 18.1. The third-order valence-corrected chi connectivity index (χ3v) is 6.44. The first kappa shape index (κ1) is 26.2. The van der Waals surface area contributed by atoms with Crippen LogP contribution in [-0.2, 0) is 12.7 Å². The van der Waals surface area contributed by atoms with Crippen molar-refractivity contribution in [3.8, 4) is 22.3 Å². The van der Waals surface area contributed by atoms with Gasteiger partial charge < -0.3 is 4.90 Å². The van der Waals surface area contributed by atoms with Crippen LogP contribution in [0, 0.1) is 0 Å². The number of pyridine rings is 2. The second-order valence-corrected chi connectivity index (χ2v) is 9.51. The van der Waals surface area contributed by atoms with E-state index in [1.165, 1.54) is 20.0 Å². The summed E-state index contributed by atoms with van der Waals surface area (Å²) in [5.74, 6) is -0.150. The minimum absolute atomic E-state index is 0.0718. The molecule has 0 spiro atoms. The molecule has 5 rings (SSSR count). The van der Waals surface area contributed by atoms with Crippen LogP contribution in [0.15, 0.2) is 83.9 Å². The Hall–Kier alpha value is -4.44. The van der Waals surface area contributed by atoms with Gasteiger partial charge >= 0.3 is 11.9 Å². The van der Waals surface area contributed by atoms with Gasteiger partial charge in [-0.1, -0.05) is 41.9 Å². The number of carbonyl (C=O) groups is 1. The average Bonchev–Trinajstić information content (AvgIpc) is 3.23. The van der Waals surface area contributed by atoms with E-state index in [-0.39, 0.29) is 12.5 Å². The van der Waals surface area contributed by atoms with Crippen molar-refractivity contribution in [1.29, 1.82) is 0 Å². The van der Waals surface area contributed by atoms with Gasteiger partial charge in [0, 0.05) is 42.6 Å². The Morgan fingerprint density at radius 3 is 2.21 bits per heavy atom. The minimum atomic E-state index is -4.56. The van der Waals surface area contributed by atoms with Crippen molar-refractivity contribution >= 4 is 23.2 Å². The summed E-state index contributed by atoms with van der Waals surface area (Å²) in [4.78, 5) is 30.6. The number of aromatic nitrogens is 4. The quantitative estimate of drug-likeness (QED) is 0.283. The van der Waals surface area contributed by atoms with Crippen LogP contribution in [0.5, 0.6) is 0 Å². The fourth-order valence-electron chi connectivity index (χ4n) is 4.23. The number of fused-ring (bicyclic) bond motifs is 1. The third kappa shape index (κ3) is 5.15. The van der Waals surface area contributed by atoms with E-state index in [0.29, 0.717) is 32.9 Å². The zero-order chi connectivity index (χ0) is 27.9. The predicted octanol–water partition coefficient (Wildman–Crippen LogP) is 5.65. The molecule has 0 N–H and O–H groups in total. The molecule has 0 bridgehead atoms. The lowest BCUT2D eigenvalue weighted by Crippen LogP contribution is -2.22. The van der Waals surface area contributed by atoms with Crippen molar-refractivity contribution in [2.45, 2.75) is 12.7 Å². The molecular formula is C28H21ClF3N5O2. The van der Waals surface area contributed by atoms with Gasteiger partial charge in [0.1, 0.15) is 5.69 Å². The van der Waals surface area contributed by atoms with Crippen molar-refractivity contribution in [2.75, 3.05) is 14.1 Å². The fraction of sp³-hybridized carbons (Fsp3) is 0.143. The Balaban J connectivity index is 1.64. The molecule has 3 aromatic heterocycles. The molecular weight excluding hydrogens is 531 g/mol. The van der Waals surface area contributed by atoms with Crippen LogP contribution in [0.4, 0.5) is 13.2 Å². The van der Waals surface area contributed by atoms with Crippen molar-refractivity contribution in [1.82, 2.24) is 24.1 Å². The highest BCUT2D eigenvalue weighted by atomic mass is 35.5. The lowest BCUT2D eigenvalue weighted by molar-refractivity contribution is -0.141. The predicted molar refractivity (Wildman–Crippen MR) is 142 cm³/mol. The largest absolute Gasteiger partial charge is 0.433 e. The molecule has 39 heavy (non-hydrogen) atoms. The zero-order valence-corrected chi connectivity index (χ0v) is 21.5. The smallest absolute Gasteiger partial charge is 0.345 e. The summed E-state index contributed by atoms with van der Waals surface area (Å²) >= 11 is 6.09. The minimum Gasteiger partial charge on any atom is -0.345 e. The number of hydrogen-bond acceptors (Lipinski definition) is 4. The Morgan fingerprint density at radius 2 is 1.62 bits per heavy atom. The molecule has 5 aromatic rings. The molecule has 1 amide bonds. The Labute approximate surface area is 225 Å². The molecule has 0 radical (unpaired) electrons. The monoisotopic (exact) mass is 551 g/mol. The van der Waals surface area contributed by atoms with E-state index in [1.807, 2.05) is 12.1 Å². The van der Waals surface area contributed by atoms with Crippen LogP contribution < -0.4 is 5.69 Å². The van der Waals surface area contributed by atoms with Gasteiger partial charge in [-0.15, -0.1) is 5.10 Å². The van der Waals surface area contributed by atoms with Gasteiger partial charge in [0.2, 0.25) is 0 Å². The molecule has 0 saturated heterocycles. The zero-order valence-electron chi connectivity index (χ0n) is 20.8. The number of nitrogens with zero attached hydrogens (tertiary/aromatic N) is 5. The highest BCUT2D eigenvalue weighted by molar-refractivity contribution is 6.30. The van der Waals surface area contributed by atoms with Crippen molar-refractivity contribution in [3.05, 3.63) is 111 Å². The molecule has 3 heterocycles. The number of alkyl halides is 3. The summed E-state index contributed by atoms with van der Waals surface area (Å²) in [5, 5.41) is 5.13. The first-order valence-corrected chi connectivity index (χ1v) is 12.1. The Bertz CT molecular complexity index is 1720. The molecule has 0 fully saturated rings. The van der Waals surface area contributed by atoms with E-state index in [4.69, 9.17) is 11.6 Å². The molecule has 0 atom stereocenters. The van der Waals surface area contributed by atoms with Gasteiger partial charge in [0.15, 0.2) is 5.65 Å². The fourth-order valence-corrected chi connectivity index (χ4v) is 4.36. The molecule has 198 valence electrons. The molecule has 0 aliphatic rings. The third-order valence-electron chi connectivity index (χ3n) is 6.18. The summed E-state index contributed by atoms with van der Waals surface area (Å²) in [6.45, 7) is -0.0718. The maximum absolute atomic E-state index is 13.2. The van der Waals surface area contributed by atoms with Crippen LogP contribution in [0.1, 0.15) is 21.6 Å². The van der Waals surface area contributed by atoms with E-state index in [0.717, 1.165) is 23.4 Å². The summed E-state index contributed by atoms with van der Waals surface area (Å²) in [6.07, 6.45) is -1.87. The van der Waals surface area contributed by atoms with E-state index in [2.05, 4.69) is 10.1 Å². The number of benzene rings is 2. The van der Waals surface area contributed by atoms with Gasteiger partial charge in [-0.3, -0.25) is 9.78 Å². The molecule has 0 aliphatic heterocycles. The number of halogens is 4. The molecule has 0 aliphatic carbocycles. The average molecular weight is 552 g/mol. The molecule has 2 aromatic carbocycles. The first-order valence-electron chi connectivity index (χ1n) is 11.8. The maximum atomic E-state index is 13.2. The maximum Gasteiger partial charge on any atom is 0.433 e. The van der Waals surface area contributed by atoms with Crippen LogP contribution in [0.3, 0.4) is 0 Å². The number of hydrogen-bond donors (Lipinski definition) is 0. The number of amides is 1. The highest BCUT2D eigenvalue weighted by Gasteiger charge is 2.32. The molecule has 7 nitrogen and oxygen atoms in total. The van der Waals surface area contributed by atoms with Crippen molar-refractivity contribution in [2.24, 2.45) is 0 Å². The normalized spacial score (nSPS) is 11.6. The van der Waals surface area contributed by atoms with Crippen LogP contribution in [0.2, 0.25) is 5.02 Å². The summed E-state index contributed by atoms with van der Waals surface area (Å²) in [5.41, 5.74) is 2.73. The van der Waals surface area contributed by atoms with Gasteiger partial charge in [-0.25, -0.2) is 13.9 Å². The second kappa shape index (κ2) is 10.0. The van der Waals surface area contributed by atoms with Gasteiger partial charge in [0.25, 0.3) is 5.91 Å². The lowest BCUT2D eigenvalue weighted by Gasteiger charge is -2.13. The summed E-state index contributed by atoms with van der Waals surface area (Å²) < 4.78 is 41.3. The Morgan fingerprint density at radius 1 is 0.949 bits per heavy atom. The van der Waals surface area contributed by atoms with Crippen molar-refractivity contribution in [3.63, 3.8) is 0 Å². The van der Waals surface area contributed by atoms with E-state index in [1.54, 1.807) is 62.8 Å². The lowest BCUT2D eigenvalue weighted by atomic mass is 9.95. The molecule has 0 unspecified atom stereocenters. The SMILES string of the molecule is CN(C)C(=O)c1ccc(-c2c(-c3ccc(Cl)cc3)ccn3c(=O)n(Cc4ccc(C(F)(F)F)nc4)nc23)cc1. The van der Waals surface area contributed by atoms with Crippen molar-refractivity contribution < 1.29 is 18.0 Å². The van der Waals surface area contributed by atoms with Crippen LogP contribution >= 0.6 is 11.6 Å². The molecule has 11 heteroatoms. The van der Waals surface area contributed by atoms with Gasteiger partial charge in [-0.2, -0.15) is 13.2 Å². The van der Waals surface area contributed by atoms with E-state index < -0.39 is 17.6 Å². The topological polar surface area (TPSA) is 72.5 Å². The highest BCUT2D eigenvalue weighted by Crippen LogP contribution is 2.35. The van der Waals surface area contributed by atoms with Gasteiger partial charge in [0.05, 0.1) is 6.54 Å². The van der Waals surface area contributed by atoms with Crippen LogP contribution in [-0.4, -0.2) is 44.1 Å². The standard InChI is InChI=1S/C28H21ClF3N5O2/c1-35(2)26(38)20-6-4-19(5-7-20)24-22(18-8-10-21(29)11-9-18)13-14-36-25(24)34-37(27(36)39)16-17-3-12-23(33-15-17)28(30,31)32/h3-15H,16H2,1-2H3. The number of carbonyl (C=O) groups excluding carboxylic acids is 1.